The monoisotopic (exact) mass is 224 g/mol. The van der Waals surface area contributed by atoms with Crippen molar-refractivity contribution in [2.75, 3.05) is 13.1 Å². The standard InChI is InChI=1S/C12H20N2S/c1-10(13)12-3-2-5-14(8-12)7-11-4-6-15-9-11/h4,6,9-10,12H,2-3,5,7-8,13H2,1H3/t10-,12-/m1/s1. The topological polar surface area (TPSA) is 29.3 Å². The quantitative estimate of drug-likeness (QED) is 0.853. The summed E-state index contributed by atoms with van der Waals surface area (Å²) >= 11 is 1.78. The van der Waals surface area contributed by atoms with Crippen LogP contribution in [0.4, 0.5) is 0 Å². The van der Waals surface area contributed by atoms with Crippen LogP contribution in [0.25, 0.3) is 0 Å². The smallest absolute Gasteiger partial charge is 0.0242 e. The van der Waals surface area contributed by atoms with E-state index in [9.17, 15) is 0 Å². The molecule has 2 heterocycles. The number of piperidine rings is 1. The van der Waals surface area contributed by atoms with Gasteiger partial charge in [-0.2, -0.15) is 11.3 Å². The Morgan fingerprint density at radius 2 is 2.53 bits per heavy atom. The zero-order chi connectivity index (χ0) is 10.7. The first-order valence-corrected chi connectivity index (χ1v) is 6.69. The number of nitrogens with two attached hydrogens (primary N) is 1. The van der Waals surface area contributed by atoms with Crippen LogP contribution in [0.5, 0.6) is 0 Å². The fraction of sp³-hybridized carbons (Fsp3) is 0.667. The average molecular weight is 224 g/mol. The molecule has 0 bridgehead atoms. The molecule has 0 aromatic carbocycles. The Morgan fingerprint density at radius 1 is 1.67 bits per heavy atom. The normalized spacial score (nSPS) is 25.3. The van der Waals surface area contributed by atoms with Crippen LogP contribution in [-0.2, 0) is 6.54 Å². The second kappa shape index (κ2) is 5.10. The van der Waals surface area contributed by atoms with E-state index in [1.54, 1.807) is 11.3 Å². The number of hydrogen-bond acceptors (Lipinski definition) is 3. The highest BCUT2D eigenvalue weighted by Gasteiger charge is 2.22. The summed E-state index contributed by atoms with van der Waals surface area (Å²) in [6.45, 7) is 5.65. The number of hydrogen-bond donors (Lipinski definition) is 1. The van der Waals surface area contributed by atoms with E-state index in [-0.39, 0.29) is 0 Å². The molecule has 0 unspecified atom stereocenters. The first-order valence-electron chi connectivity index (χ1n) is 5.74. The molecule has 1 aliphatic heterocycles. The van der Waals surface area contributed by atoms with Gasteiger partial charge in [0, 0.05) is 19.1 Å². The predicted octanol–water partition coefficient (Wildman–Crippen LogP) is 2.31. The molecule has 0 radical (unpaired) electrons. The maximum Gasteiger partial charge on any atom is 0.0242 e. The fourth-order valence-corrected chi connectivity index (χ4v) is 2.96. The van der Waals surface area contributed by atoms with Crippen molar-refractivity contribution in [2.45, 2.75) is 32.4 Å². The Hall–Kier alpha value is -0.380. The molecule has 84 valence electrons. The predicted molar refractivity (Wildman–Crippen MR) is 66.0 cm³/mol. The molecule has 0 amide bonds. The Balaban J connectivity index is 1.88. The van der Waals surface area contributed by atoms with Crippen LogP contribution < -0.4 is 5.73 Å². The lowest BCUT2D eigenvalue weighted by atomic mass is 9.92. The summed E-state index contributed by atoms with van der Waals surface area (Å²) in [5.41, 5.74) is 7.43. The zero-order valence-electron chi connectivity index (χ0n) is 9.36. The minimum Gasteiger partial charge on any atom is -0.328 e. The number of nitrogens with zero attached hydrogens (tertiary/aromatic N) is 1. The maximum absolute atomic E-state index is 5.98. The number of rotatable bonds is 3. The lowest BCUT2D eigenvalue weighted by Gasteiger charge is -2.34. The average Bonchev–Trinajstić information content (AvgIpc) is 2.71. The molecule has 3 heteroatoms. The summed E-state index contributed by atoms with van der Waals surface area (Å²) in [7, 11) is 0. The molecule has 15 heavy (non-hydrogen) atoms. The zero-order valence-corrected chi connectivity index (χ0v) is 10.2. The Morgan fingerprint density at radius 3 is 3.20 bits per heavy atom. The van der Waals surface area contributed by atoms with Crippen LogP contribution >= 0.6 is 11.3 Å². The van der Waals surface area contributed by atoms with Gasteiger partial charge in [-0.1, -0.05) is 0 Å². The molecule has 2 N–H and O–H groups in total. The molecule has 2 rings (SSSR count). The van der Waals surface area contributed by atoms with Crippen molar-refractivity contribution < 1.29 is 0 Å². The molecule has 1 fully saturated rings. The molecule has 1 aromatic rings. The highest BCUT2D eigenvalue weighted by atomic mass is 32.1. The van der Waals surface area contributed by atoms with Gasteiger partial charge in [0.1, 0.15) is 0 Å². The van der Waals surface area contributed by atoms with Crippen molar-refractivity contribution in [3.63, 3.8) is 0 Å². The van der Waals surface area contributed by atoms with E-state index in [0.717, 1.165) is 6.54 Å². The van der Waals surface area contributed by atoms with Gasteiger partial charge in [-0.25, -0.2) is 0 Å². The van der Waals surface area contributed by atoms with Gasteiger partial charge < -0.3 is 5.73 Å². The molecule has 2 nitrogen and oxygen atoms in total. The summed E-state index contributed by atoms with van der Waals surface area (Å²) in [6, 6.07) is 2.57. The second-order valence-corrected chi connectivity index (χ2v) is 5.41. The highest BCUT2D eigenvalue weighted by Crippen LogP contribution is 2.21. The first-order chi connectivity index (χ1) is 7.25. The molecular formula is C12H20N2S. The largest absolute Gasteiger partial charge is 0.328 e. The molecular weight excluding hydrogens is 204 g/mol. The molecule has 1 aromatic heterocycles. The van der Waals surface area contributed by atoms with Gasteiger partial charge >= 0.3 is 0 Å². The summed E-state index contributed by atoms with van der Waals surface area (Å²) in [5.74, 6) is 0.692. The van der Waals surface area contributed by atoms with Gasteiger partial charge in [0.25, 0.3) is 0 Å². The van der Waals surface area contributed by atoms with Gasteiger partial charge in [0.2, 0.25) is 0 Å². The van der Waals surface area contributed by atoms with Crippen molar-refractivity contribution in [1.82, 2.24) is 4.90 Å². The van der Waals surface area contributed by atoms with Gasteiger partial charge in [-0.05, 0) is 54.6 Å². The van der Waals surface area contributed by atoms with E-state index >= 15 is 0 Å². The Labute approximate surface area is 96.1 Å². The van der Waals surface area contributed by atoms with Gasteiger partial charge in [0.15, 0.2) is 0 Å². The molecule has 0 spiro atoms. The summed E-state index contributed by atoms with van der Waals surface area (Å²) in [5, 5.41) is 4.40. The molecule has 1 aliphatic rings. The molecule has 1 saturated heterocycles. The van der Waals surface area contributed by atoms with Crippen LogP contribution in [0.15, 0.2) is 16.8 Å². The van der Waals surface area contributed by atoms with Crippen molar-refractivity contribution in [3.05, 3.63) is 22.4 Å². The van der Waals surface area contributed by atoms with E-state index in [0.29, 0.717) is 12.0 Å². The van der Waals surface area contributed by atoms with E-state index in [2.05, 4.69) is 28.7 Å². The molecule has 0 aliphatic carbocycles. The van der Waals surface area contributed by atoms with Gasteiger partial charge in [0.05, 0.1) is 0 Å². The molecule has 0 saturated carbocycles. The fourth-order valence-electron chi connectivity index (χ4n) is 2.30. The van der Waals surface area contributed by atoms with E-state index < -0.39 is 0 Å². The van der Waals surface area contributed by atoms with E-state index in [1.165, 1.54) is 31.5 Å². The van der Waals surface area contributed by atoms with Crippen LogP contribution in [0.2, 0.25) is 0 Å². The lowest BCUT2D eigenvalue weighted by Crippen LogP contribution is -2.41. The van der Waals surface area contributed by atoms with E-state index in [4.69, 9.17) is 5.73 Å². The molecule has 2 atom stereocenters. The number of likely N-dealkylation sites (tertiary alicyclic amines) is 1. The minimum atomic E-state index is 0.343. The number of thiophene rings is 1. The third-order valence-electron chi connectivity index (χ3n) is 3.27. The van der Waals surface area contributed by atoms with Gasteiger partial charge in [-0.15, -0.1) is 0 Å². The van der Waals surface area contributed by atoms with Crippen molar-refractivity contribution in [1.29, 1.82) is 0 Å². The third kappa shape index (κ3) is 3.03. The third-order valence-corrected chi connectivity index (χ3v) is 4.00. The second-order valence-electron chi connectivity index (χ2n) is 4.63. The van der Waals surface area contributed by atoms with E-state index in [1.807, 2.05) is 0 Å². The summed E-state index contributed by atoms with van der Waals surface area (Å²) < 4.78 is 0. The van der Waals surface area contributed by atoms with Crippen LogP contribution in [0.3, 0.4) is 0 Å². The lowest BCUT2D eigenvalue weighted by molar-refractivity contribution is 0.154. The SMILES string of the molecule is C[C@@H](N)[C@@H]1CCCN(Cc2ccsc2)C1. The van der Waals surface area contributed by atoms with Crippen molar-refractivity contribution in [2.24, 2.45) is 11.7 Å². The van der Waals surface area contributed by atoms with Crippen LogP contribution in [0, 0.1) is 5.92 Å². The maximum atomic E-state index is 5.98. The highest BCUT2D eigenvalue weighted by molar-refractivity contribution is 7.07. The first kappa shape index (κ1) is 11.1. The van der Waals surface area contributed by atoms with Gasteiger partial charge in [-0.3, -0.25) is 4.90 Å². The Kier molecular flexibility index (Phi) is 3.78. The summed E-state index contributed by atoms with van der Waals surface area (Å²) in [4.78, 5) is 2.54. The minimum absolute atomic E-state index is 0.343. The summed E-state index contributed by atoms with van der Waals surface area (Å²) in [6.07, 6.45) is 2.61. The van der Waals surface area contributed by atoms with Crippen LogP contribution in [0.1, 0.15) is 25.3 Å². The van der Waals surface area contributed by atoms with Crippen molar-refractivity contribution >= 4 is 11.3 Å². The van der Waals surface area contributed by atoms with Crippen molar-refractivity contribution in [3.8, 4) is 0 Å². The Bertz CT molecular complexity index is 282. The van der Waals surface area contributed by atoms with Crippen LogP contribution in [-0.4, -0.2) is 24.0 Å².